The van der Waals surface area contributed by atoms with Gasteiger partial charge in [0.05, 0.1) is 35.4 Å². The van der Waals surface area contributed by atoms with Gasteiger partial charge >= 0.3 is 0 Å². The molecule has 0 unspecified atom stereocenters. The van der Waals surface area contributed by atoms with E-state index in [1.54, 1.807) is 18.3 Å². The number of ketones is 1. The molecule has 2 aliphatic rings. The molecule has 2 N–H and O–H groups in total. The number of nitrogens with zero attached hydrogens (tertiary/aromatic N) is 3. The summed E-state index contributed by atoms with van der Waals surface area (Å²) in [7, 11) is 3.52. The molecule has 3 aromatic rings. The summed E-state index contributed by atoms with van der Waals surface area (Å²) in [4.78, 5) is 34.7. The summed E-state index contributed by atoms with van der Waals surface area (Å²) >= 11 is 6.23. The zero-order valence-electron chi connectivity index (χ0n) is 20.4. The van der Waals surface area contributed by atoms with E-state index in [9.17, 15) is 14.7 Å². The highest BCUT2D eigenvalue weighted by Gasteiger charge is 2.33. The summed E-state index contributed by atoms with van der Waals surface area (Å²) in [6, 6.07) is 9.07. The van der Waals surface area contributed by atoms with Crippen LogP contribution in [0.1, 0.15) is 23.2 Å². The van der Waals surface area contributed by atoms with Crippen molar-refractivity contribution in [1.29, 1.82) is 0 Å². The second-order valence-electron chi connectivity index (χ2n) is 9.46. The minimum absolute atomic E-state index is 0.00379. The van der Waals surface area contributed by atoms with Crippen molar-refractivity contribution in [2.75, 3.05) is 52.2 Å². The molecule has 0 radical (unpaired) electrons. The zero-order valence-corrected chi connectivity index (χ0v) is 21.1. The van der Waals surface area contributed by atoms with Crippen molar-refractivity contribution in [2.45, 2.75) is 12.8 Å². The highest BCUT2D eigenvalue weighted by molar-refractivity contribution is 6.32. The van der Waals surface area contributed by atoms with Gasteiger partial charge in [0.2, 0.25) is 5.91 Å². The van der Waals surface area contributed by atoms with E-state index in [4.69, 9.17) is 16.3 Å². The Morgan fingerprint density at radius 1 is 1.14 bits per heavy atom. The molecule has 0 atom stereocenters. The Hall–Kier alpha value is -3.36. The van der Waals surface area contributed by atoms with Crippen LogP contribution in [-0.4, -0.2) is 78.5 Å². The van der Waals surface area contributed by atoms with Gasteiger partial charge in [-0.15, -0.1) is 0 Å². The molecular weight excluding hydrogens is 480 g/mol. The van der Waals surface area contributed by atoms with Gasteiger partial charge in [0.25, 0.3) is 0 Å². The Morgan fingerprint density at radius 2 is 1.89 bits per heavy atom. The number of Topliss-reactive ketones (excluding diaryl/α,β-unsaturated/α-hetero) is 1. The number of hydrogen-bond donors (Lipinski definition) is 2. The zero-order chi connectivity index (χ0) is 25.4. The van der Waals surface area contributed by atoms with Gasteiger partial charge in [-0.2, -0.15) is 0 Å². The number of methoxy groups -OCH3 is 1. The van der Waals surface area contributed by atoms with Crippen LogP contribution < -0.4 is 10.1 Å². The average molecular weight is 509 g/mol. The molecule has 2 fully saturated rings. The van der Waals surface area contributed by atoms with E-state index in [0.717, 1.165) is 42.4 Å². The number of rotatable bonds is 7. The number of amides is 1. The number of benzene rings is 2. The molecule has 36 heavy (non-hydrogen) atoms. The summed E-state index contributed by atoms with van der Waals surface area (Å²) in [6.07, 6.45) is 3.37. The maximum atomic E-state index is 13.1. The molecule has 0 spiro atoms. The van der Waals surface area contributed by atoms with Crippen LogP contribution in [0.25, 0.3) is 22.0 Å². The lowest BCUT2D eigenvalue weighted by atomic mass is 9.98. The lowest BCUT2D eigenvalue weighted by Gasteiger charge is -2.32. The normalized spacial score (nSPS) is 16.2. The quantitative estimate of drug-likeness (QED) is 0.465. The lowest BCUT2D eigenvalue weighted by Crippen LogP contribution is -2.48. The molecule has 0 bridgehead atoms. The molecule has 8 nitrogen and oxygen atoms in total. The van der Waals surface area contributed by atoms with E-state index in [-0.39, 0.29) is 40.7 Å². The fourth-order valence-corrected chi connectivity index (χ4v) is 4.75. The molecule has 9 heteroatoms. The largest absolute Gasteiger partial charge is 0.503 e. The van der Waals surface area contributed by atoms with Crippen molar-refractivity contribution >= 4 is 39.9 Å². The van der Waals surface area contributed by atoms with E-state index >= 15 is 0 Å². The van der Waals surface area contributed by atoms with Crippen LogP contribution in [0.5, 0.6) is 11.5 Å². The fourth-order valence-electron chi connectivity index (χ4n) is 4.54. The van der Waals surface area contributed by atoms with E-state index in [1.807, 2.05) is 30.1 Å². The number of hydrogen-bond acceptors (Lipinski definition) is 7. The number of aromatic nitrogens is 1. The summed E-state index contributed by atoms with van der Waals surface area (Å²) in [6.45, 7) is 3.16. The van der Waals surface area contributed by atoms with Crippen LogP contribution in [0, 0.1) is 5.92 Å². The third-order valence-electron chi connectivity index (χ3n) is 6.94. The number of nitrogens with one attached hydrogen (secondary N) is 1. The SMILES string of the molecule is COc1cc(-c2ccc3ncc(C(=O)C4CC4)c(NCC(=O)N4CCN(C)CC4)c3c2)cc(Cl)c1O. The number of halogens is 1. The Kier molecular flexibility index (Phi) is 6.73. The van der Waals surface area contributed by atoms with Gasteiger partial charge in [-0.3, -0.25) is 14.6 Å². The number of fused-ring (bicyclic) bond motifs is 1. The number of carbonyl (C=O) groups is 2. The number of likely N-dealkylation sites (N-methyl/N-ethyl adjacent to an activating group) is 1. The second kappa shape index (κ2) is 9.95. The molecule has 1 amide bonds. The van der Waals surface area contributed by atoms with Gasteiger partial charge in [-0.05, 0) is 55.3 Å². The van der Waals surface area contributed by atoms with Crippen LogP contribution >= 0.6 is 11.6 Å². The molecule has 1 saturated heterocycles. The predicted molar refractivity (Wildman–Crippen MR) is 140 cm³/mol. The van der Waals surface area contributed by atoms with Gasteiger partial charge in [0.1, 0.15) is 0 Å². The van der Waals surface area contributed by atoms with Crippen LogP contribution in [0.4, 0.5) is 5.69 Å². The Labute approximate surface area is 214 Å². The van der Waals surface area contributed by atoms with Gasteiger partial charge in [-0.25, -0.2) is 0 Å². The van der Waals surface area contributed by atoms with E-state index in [0.29, 0.717) is 29.9 Å². The smallest absolute Gasteiger partial charge is 0.241 e. The minimum Gasteiger partial charge on any atom is -0.503 e. The summed E-state index contributed by atoms with van der Waals surface area (Å²) in [5.41, 5.74) is 3.40. The number of pyridine rings is 1. The average Bonchev–Trinajstić information content (AvgIpc) is 3.74. The Balaban J connectivity index is 1.53. The third-order valence-corrected chi connectivity index (χ3v) is 7.22. The first-order valence-electron chi connectivity index (χ1n) is 12.1. The predicted octanol–water partition coefficient (Wildman–Crippen LogP) is 4.05. The molecule has 2 aromatic carbocycles. The number of piperazine rings is 1. The van der Waals surface area contributed by atoms with Gasteiger partial charge < -0.3 is 25.0 Å². The summed E-state index contributed by atoms with van der Waals surface area (Å²) < 4.78 is 5.26. The van der Waals surface area contributed by atoms with Crippen molar-refractivity contribution in [3.63, 3.8) is 0 Å². The molecule has 5 rings (SSSR count). The highest BCUT2D eigenvalue weighted by Crippen LogP contribution is 2.40. The number of ether oxygens (including phenoxy) is 1. The maximum Gasteiger partial charge on any atom is 0.241 e. The molecule has 2 heterocycles. The fraction of sp³-hybridized carbons (Fsp3) is 0.370. The van der Waals surface area contributed by atoms with Crippen molar-refractivity contribution in [3.05, 3.63) is 47.1 Å². The third kappa shape index (κ3) is 4.83. The number of aromatic hydroxyl groups is 1. The van der Waals surface area contributed by atoms with Crippen molar-refractivity contribution < 1.29 is 19.4 Å². The van der Waals surface area contributed by atoms with E-state index in [2.05, 4.69) is 15.2 Å². The molecule has 188 valence electrons. The van der Waals surface area contributed by atoms with Crippen molar-refractivity contribution in [3.8, 4) is 22.6 Å². The van der Waals surface area contributed by atoms with E-state index < -0.39 is 0 Å². The first-order valence-corrected chi connectivity index (χ1v) is 12.5. The standard InChI is InChI=1S/C27H29ClN4O4/c1-31-7-9-32(10-8-31)24(33)15-30-25-19-11-17(18-12-21(28)27(35)23(13-18)36-2)5-6-22(19)29-14-20(25)26(34)16-3-4-16/h5-6,11-14,16,35H,3-4,7-10,15H2,1-2H3,(H,29,30). The van der Waals surface area contributed by atoms with Crippen LogP contribution in [-0.2, 0) is 4.79 Å². The number of carbonyl (C=O) groups excluding carboxylic acids is 2. The van der Waals surface area contributed by atoms with Gasteiger partial charge in [0.15, 0.2) is 17.3 Å². The second-order valence-corrected chi connectivity index (χ2v) is 9.87. The van der Waals surface area contributed by atoms with E-state index in [1.165, 1.54) is 7.11 Å². The number of phenols is 1. The van der Waals surface area contributed by atoms with Gasteiger partial charge in [0, 0.05) is 43.7 Å². The van der Waals surface area contributed by atoms with Gasteiger partial charge in [-0.1, -0.05) is 17.7 Å². The number of anilines is 1. The highest BCUT2D eigenvalue weighted by atomic mass is 35.5. The van der Waals surface area contributed by atoms with Crippen LogP contribution in [0.3, 0.4) is 0 Å². The monoisotopic (exact) mass is 508 g/mol. The topological polar surface area (TPSA) is 95.0 Å². The molecule has 1 aliphatic heterocycles. The van der Waals surface area contributed by atoms with Crippen molar-refractivity contribution in [2.24, 2.45) is 5.92 Å². The molecule has 1 saturated carbocycles. The maximum absolute atomic E-state index is 13.1. The van der Waals surface area contributed by atoms with Crippen LogP contribution in [0.2, 0.25) is 5.02 Å². The molecular formula is C27H29ClN4O4. The molecule has 1 aromatic heterocycles. The first-order chi connectivity index (χ1) is 17.4. The van der Waals surface area contributed by atoms with Crippen LogP contribution in [0.15, 0.2) is 36.5 Å². The lowest BCUT2D eigenvalue weighted by molar-refractivity contribution is -0.130. The molecule has 1 aliphatic carbocycles. The first kappa shape index (κ1) is 24.3. The Bertz CT molecular complexity index is 1330. The number of phenolic OH excluding ortho intramolecular Hbond substituents is 1. The minimum atomic E-state index is -0.118. The Morgan fingerprint density at radius 3 is 2.58 bits per heavy atom. The van der Waals surface area contributed by atoms with Crippen molar-refractivity contribution in [1.82, 2.24) is 14.8 Å². The summed E-state index contributed by atoms with van der Waals surface area (Å²) in [5.74, 6) is 0.223. The summed E-state index contributed by atoms with van der Waals surface area (Å²) in [5, 5.41) is 14.3.